The molecule has 0 aromatic carbocycles. The summed E-state index contributed by atoms with van der Waals surface area (Å²) in [7, 11) is 0. The van der Waals surface area contributed by atoms with Crippen molar-refractivity contribution in [2.75, 3.05) is 38.5 Å². The molecule has 32 heteroatoms. The number of nitrogens with one attached hydrogen (secondary N) is 14. The quantitative estimate of drug-likeness (QED) is 0.0296. The van der Waals surface area contributed by atoms with Gasteiger partial charge in [-0.05, 0) is 155 Å². The van der Waals surface area contributed by atoms with Gasteiger partial charge in [-0.3, -0.25) is 67.1 Å². The zero-order valence-corrected chi connectivity index (χ0v) is 63.6. The van der Waals surface area contributed by atoms with Crippen LogP contribution in [0.2, 0.25) is 0 Å². The van der Waals surface area contributed by atoms with Gasteiger partial charge in [0.2, 0.25) is 82.7 Å². The largest absolute Gasteiger partial charge is 0.358 e. The summed E-state index contributed by atoms with van der Waals surface area (Å²) in [6.45, 7) is 16.6. The van der Waals surface area contributed by atoms with Crippen LogP contribution in [0.4, 0.5) is 0 Å². The van der Waals surface area contributed by atoms with E-state index < -0.39 is 143 Å². The number of hydrogen-bond acceptors (Lipinski definition) is 15. The number of amides is 14. The third-order valence-corrected chi connectivity index (χ3v) is 17.9. The lowest BCUT2D eigenvalue weighted by atomic mass is 10.0. The molecule has 105 heavy (non-hydrogen) atoms. The number of unbranched alkanes of at least 4 members (excludes halogenated alkanes) is 11. The Morgan fingerprint density at radius 3 is 0.676 bits per heavy atom. The zero-order chi connectivity index (χ0) is 76.4. The smallest absolute Gasteiger partial charge is 0.243 e. The highest BCUT2D eigenvalue weighted by molar-refractivity contribution is 7.80. The first kappa shape index (κ1) is 102. The average molecular weight is 1520 g/mol. The van der Waals surface area contributed by atoms with Crippen LogP contribution in [-0.2, 0) is 67.1 Å². The van der Waals surface area contributed by atoms with E-state index in [0.717, 1.165) is 51.4 Å². The van der Waals surface area contributed by atoms with E-state index in [1.807, 2.05) is 27.7 Å². The lowest BCUT2D eigenvalue weighted by Gasteiger charge is -2.28. The van der Waals surface area contributed by atoms with Crippen molar-refractivity contribution < 1.29 is 84.3 Å². The minimum atomic E-state index is -1.06. The summed E-state index contributed by atoms with van der Waals surface area (Å²) >= 11 is 4.07. The normalized spacial score (nSPS) is 23.5. The van der Waals surface area contributed by atoms with Crippen molar-refractivity contribution in [3.8, 4) is 0 Å². The second-order valence-corrected chi connectivity index (χ2v) is 27.3. The van der Waals surface area contributed by atoms with Crippen LogP contribution in [0.5, 0.6) is 0 Å². The molecular formula is C73H144N17O14S+3. The van der Waals surface area contributed by atoms with Gasteiger partial charge in [0.15, 0.2) is 0 Å². The lowest BCUT2D eigenvalue weighted by molar-refractivity contribution is -0.368. The predicted octanol–water partition coefficient (Wildman–Crippen LogP) is 0.476. The van der Waals surface area contributed by atoms with Crippen molar-refractivity contribution in [3.63, 3.8) is 0 Å². The Kier molecular flexibility index (Phi) is 59.1. The van der Waals surface area contributed by atoms with Gasteiger partial charge in [0.1, 0.15) is 72.5 Å². The molecule has 23 N–H and O–H groups in total. The summed E-state index contributed by atoms with van der Waals surface area (Å²) < 4.78 is 0. The first-order valence-corrected chi connectivity index (χ1v) is 38.6. The van der Waals surface area contributed by atoms with Gasteiger partial charge < -0.3 is 91.6 Å². The molecule has 31 nitrogen and oxygen atoms in total. The fourth-order valence-corrected chi connectivity index (χ4v) is 11.4. The summed E-state index contributed by atoms with van der Waals surface area (Å²) in [5.74, 6) is -6.61. The first-order valence-electron chi connectivity index (χ1n) is 37.9. The fourth-order valence-electron chi connectivity index (χ4n) is 11.2. The Balaban J connectivity index is -0.00000193. The van der Waals surface area contributed by atoms with Crippen molar-refractivity contribution in [1.82, 2.24) is 74.4 Å². The summed E-state index contributed by atoms with van der Waals surface area (Å²) in [6, 6.07) is -12.2. The van der Waals surface area contributed by atoms with E-state index in [1.165, 1.54) is 27.7 Å². The molecule has 2 heterocycles. The van der Waals surface area contributed by atoms with Crippen LogP contribution >= 0.6 is 12.6 Å². The van der Waals surface area contributed by atoms with Crippen molar-refractivity contribution in [1.29, 1.82) is 0 Å². The Bertz CT molecular complexity index is 2410. The van der Waals surface area contributed by atoms with E-state index in [9.17, 15) is 67.1 Å². The molecule has 12 atom stereocenters. The highest BCUT2D eigenvalue weighted by atomic mass is 32.1. The van der Waals surface area contributed by atoms with E-state index in [-0.39, 0.29) is 66.2 Å². The van der Waals surface area contributed by atoms with Gasteiger partial charge in [-0.25, -0.2) is 0 Å². The minimum Gasteiger partial charge on any atom is -0.358 e. The Hall–Kier alpha value is -7.19. The van der Waals surface area contributed by atoms with E-state index in [4.69, 9.17) is 0 Å². The van der Waals surface area contributed by atoms with Crippen LogP contribution in [0.1, 0.15) is 270 Å². The molecule has 2 rings (SSSR count). The monoisotopic (exact) mass is 1520 g/mol. The van der Waals surface area contributed by atoms with Gasteiger partial charge in [0.05, 0.1) is 19.6 Å². The van der Waals surface area contributed by atoms with Gasteiger partial charge in [0.25, 0.3) is 0 Å². The molecule has 0 saturated carbocycles. The van der Waals surface area contributed by atoms with E-state index in [0.29, 0.717) is 148 Å². The minimum absolute atomic E-state index is 0. The number of quaternary nitrogens is 3. The van der Waals surface area contributed by atoms with E-state index >= 15 is 0 Å². The van der Waals surface area contributed by atoms with E-state index in [2.05, 4.69) is 104 Å². The Labute approximate surface area is 632 Å². The Morgan fingerprint density at radius 1 is 0.286 bits per heavy atom. The molecule has 2 saturated heterocycles. The van der Waals surface area contributed by atoms with Crippen molar-refractivity contribution in [2.45, 2.75) is 343 Å². The molecule has 2 aliphatic rings. The molecule has 608 valence electrons. The van der Waals surface area contributed by atoms with Crippen LogP contribution in [0, 0.1) is 0 Å². The van der Waals surface area contributed by atoms with Gasteiger partial charge in [-0.15, -0.1) is 0 Å². The van der Waals surface area contributed by atoms with Gasteiger partial charge in [-0.2, -0.15) is 12.6 Å². The standard InChI is InChI=1S/C36H65N7O7S.C34H64N10O7.3CH4/c1-6-9-12-17-26-33(47)38-25(5)32(46)41-28(19-14-11-8-3)35(49)43-29(20-15-16-22-37-30(44)21-23-51)36(50)42-27(18-13-10-7-2)34(48)39-24(4)31(45)40-26;1-4-13-28(45)38-21-12-8-17-27-34(51)43-25(15-6-10-19-36)32(49)40-22(2)29(46)41-24(14-5-9-18-35)31(48)39-23(3)30(47)42-26(33(50)44-27)16-7-11-20-37;;;/h24-29,51H,6-23H2,1-5H3,(H,37,44)(H,38,47)(H,39,48)(H,40,45)(H,41,46)(H,42,50)(H,43,49);22-27H,4-21,35-37H2,1-3H3,(H,38,45)(H,39,48)(H,40,49)(H,41,46)(H,42,47)(H,43,51)(H,44,50);3*1H4/p+3/t24-,25-,26+,27+,28+,29-;22-,23-,24+,25+,26+,27-;;;/m11.../s1. The van der Waals surface area contributed by atoms with E-state index in [1.54, 1.807) is 0 Å². The third-order valence-electron chi connectivity index (χ3n) is 17.6. The highest BCUT2D eigenvalue weighted by Gasteiger charge is 2.36. The Morgan fingerprint density at radius 2 is 0.476 bits per heavy atom. The average Bonchev–Trinajstić information content (AvgIpc) is 0.860. The molecule has 0 aliphatic carbocycles. The lowest BCUT2D eigenvalue weighted by Crippen LogP contribution is -2.61. The van der Waals surface area contributed by atoms with Crippen LogP contribution in [0.25, 0.3) is 0 Å². The molecule has 0 radical (unpaired) electrons. The molecule has 2 fully saturated rings. The number of carbonyl (C=O) groups excluding carboxylic acids is 14. The van der Waals surface area contributed by atoms with Gasteiger partial charge in [0, 0.05) is 25.9 Å². The summed E-state index contributed by atoms with van der Waals surface area (Å²) in [5, 5.41) is 38.5. The maximum absolute atomic E-state index is 13.8. The second-order valence-electron chi connectivity index (χ2n) is 26.9. The number of rotatable bonds is 38. The molecule has 0 spiro atoms. The van der Waals surface area contributed by atoms with Crippen molar-refractivity contribution in [3.05, 3.63) is 0 Å². The molecule has 0 bridgehead atoms. The summed E-state index contributed by atoms with van der Waals surface area (Å²) in [5.41, 5.74) is 11.5. The predicted molar refractivity (Wildman–Crippen MR) is 410 cm³/mol. The number of carbonyl (C=O) groups is 14. The molecular weight excluding hydrogens is 1370 g/mol. The summed E-state index contributed by atoms with van der Waals surface area (Å²) in [6.07, 6.45) is 16.6. The molecule has 14 amide bonds. The maximum Gasteiger partial charge on any atom is 0.243 e. The van der Waals surface area contributed by atoms with Crippen LogP contribution in [-0.4, -0.2) is 194 Å². The van der Waals surface area contributed by atoms with Crippen LogP contribution < -0.4 is 91.6 Å². The van der Waals surface area contributed by atoms with Gasteiger partial charge >= 0.3 is 0 Å². The topological polar surface area (TPSA) is 490 Å². The molecule has 0 unspecified atom stereocenters. The second kappa shape index (κ2) is 60.9. The maximum atomic E-state index is 13.8. The van der Waals surface area contributed by atoms with Crippen LogP contribution in [0.3, 0.4) is 0 Å². The van der Waals surface area contributed by atoms with Gasteiger partial charge in [-0.1, -0.05) is 108 Å². The molecule has 0 aromatic rings. The zero-order valence-electron chi connectivity index (χ0n) is 62.7. The number of thiol groups is 1. The third kappa shape index (κ3) is 43.9. The SMILES string of the molecule is C.C.C.CCCC(=O)NCCCC[C@H]1NC(=O)[C@H](CCCC[NH3+])NC(=O)[C@@H](C)NC(=O)[C@H](CCCC[NH3+])NC(=O)[C@@H](C)NC(=O)[C@H](CCCC[NH3+])NC1=O.CCCCC[C@@H]1NC(=O)[C@@H](C)NC(=O)[C@H](CCCCC)NC(=O)[C@@H](CCCCNC(=O)CCS)NC(=O)[C@H](CCCCC)NC(=O)[C@@H](C)NC1=O. The van der Waals surface area contributed by atoms with Crippen molar-refractivity contribution >= 4 is 95.3 Å². The highest BCUT2D eigenvalue weighted by Crippen LogP contribution is 2.14. The first-order chi connectivity index (χ1) is 48.7. The molecule has 0 aromatic heterocycles. The summed E-state index contributed by atoms with van der Waals surface area (Å²) in [4.78, 5) is 186. The van der Waals surface area contributed by atoms with Crippen LogP contribution in [0.15, 0.2) is 0 Å². The van der Waals surface area contributed by atoms with Crippen molar-refractivity contribution in [2.24, 2.45) is 0 Å². The number of hydrogen-bond donors (Lipinski definition) is 18. The fraction of sp³-hybridized carbons (Fsp3) is 0.808. The molecule has 2 aliphatic heterocycles.